The molecule has 6 nitrogen and oxygen atoms in total. The summed E-state index contributed by atoms with van der Waals surface area (Å²) in [7, 11) is 2.03. The third-order valence-electron chi connectivity index (χ3n) is 6.76. The van der Waals surface area contributed by atoms with Crippen LogP contribution in [0, 0.1) is 24.5 Å². The maximum Gasteiger partial charge on any atom is 0.253 e. The second-order valence-electron chi connectivity index (χ2n) is 9.26. The first-order valence-electron chi connectivity index (χ1n) is 11.7. The highest BCUT2D eigenvalue weighted by molar-refractivity contribution is 5.94. The van der Waals surface area contributed by atoms with E-state index < -0.39 is 5.82 Å². The maximum atomic E-state index is 14.1. The number of benzene rings is 2. The lowest BCUT2D eigenvalue weighted by Crippen LogP contribution is -2.51. The smallest absolute Gasteiger partial charge is 0.253 e. The zero-order chi connectivity index (χ0) is 24.2. The maximum absolute atomic E-state index is 14.1. The Bertz CT molecular complexity index is 1020. The van der Waals surface area contributed by atoms with Gasteiger partial charge < -0.3 is 19.4 Å². The lowest BCUT2D eigenvalue weighted by molar-refractivity contribution is -0.135. The second-order valence-corrected chi connectivity index (χ2v) is 9.26. The van der Waals surface area contributed by atoms with Crippen LogP contribution in [0.2, 0.25) is 0 Å². The number of carbonyl (C=O) groups is 2. The molecular weight excluding hydrogens is 440 g/mol. The number of ether oxygens (including phenoxy) is 1. The molecule has 2 saturated heterocycles. The van der Waals surface area contributed by atoms with Crippen molar-refractivity contribution in [3.63, 3.8) is 0 Å². The Labute approximate surface area is 199 Å². The van der Waals surface area contributed by atoms with Crippen LogP contribution in [0.25, 0.3) is 0 Å². The second kappa shape index (κ2) is 10.5. The number of amides is 2. The van der Waals surface area contributed by atoms with E-state index in [1.54, 1.807) is 36.1 Å². The van der Waals surface area contributed by atoms with Crippen molar-refractivity contribution in [2.75, 3.05) is 46.3 Å². The van der Waals surface area contributed by atoms with Crippen molar-refractivity contribution in [1.29, 1.82) is 0 Å². The predicted octanol–water partition coefficient (Wildman–Crippen LogP) is 3.35. The number of hydrogen-bond acceptors (Lipinski definition) is 4. The van der Waals surface area contributed by atoms with Gasteiger partial charge in [0.15, 0.2) is 0 Å². The quantitative estimate of drug-likeness (QED) is 0.671. The lowest BCUT2D eigenvalue weighted by Gasteiger charge is -2.40. The normalized spacial score (nSPS) is 21.4. The predicted molar refractivity (Wildman–Crippen MR) is 125 cm³/mol. The van der Waals surface area contributed by atoms with Crippen LogP contribution < -0.4 is 4.74 Å². The first kappa shape index (κ1) is 24.1. The topological polar surface area (TPSA) is 53.1 Å². The Hall–Kier alpha value is -3.00. The largest absolute Gasteiger partial charge is 0.490 e. The number of carbonyl (C=O) groups excluding carboxylic acids is 2. The first-order valence-corrected chi connectivity index (χ1v) is 11.7. The van der Waals surface area contributed by atoms with Gasteiger partial charge >= 0.3 is 0 Å². The van der Waals surface area contributed by atoms with Gasteiger partial charge in [-0.1, -0.05) is 6.07 Å². The molecule has 2 aliphatic heterocycles. The Morgan fingerprint density at radius 1 is 0.971 bits per heavy atom. The highest BCUT2D eigenvalue weighted by Crippen LogP contribution is 2.28. The van der Waals surface area contributed by atoms with Crippen LogP contribution in [-0.4, -0.2) is 78.9 Å². The highest BCUT2D eigenvalue weighted by atomic mass is 19.1. The van der Waals surface area contributed by atoms with Crippen molar-refractivity contribution < 1.29 is 23.1 Å². The van der Waals surface area contributed by atoms with Crippen molar-refractivity contribution >= 4 is 11.8 Å². The van der Waals surface area contributed by atoms with Gasteiger partial charge in [-0.15, -0.1) is 0 Å². The molecule has 0 spiro atoms. The standard InChI is InChI=1S/C26H31F2N3O3/c1-18-3-4-19(15-23(18)28)26(33)31-10-9-24(34-22-7-5-21(27)6-8-22)20(17-31)16-25(32)30-13-11-29(2)12-14-30/h3-8,15,20,24H,9-14,16-17H2,1-2H3/t20-,24-/m0/s1. The molecule has 2 aromatic carbocycles. The van der Waals surface area contributed by atoms with Gasteiger partial charge in [0.25, 0.3) is 5.91 Å². The van der Waals surface area contributed by atoms with E-state index in [4.69, 9.17) is 4.74 Å². The minimum absolute atomic E-state index is 0.0430. The summed E-state index contributed by atoms with van der Waals surface area (Å²) >= 11 is 0. The molecule has 0 radical (unpaired) electrons. The molecule has 182 valence electrons. The zero-order valence-electron chi connectivity index (χ0n) is 19.7. The molecule has 2 amide bonds. The van der Waals surface area contributed by atoms with E-state index in [-0.39, 0.29) is 36.1 Å². The first-order chi connectivity index (χ1) is 16.3. The zero-order valence-corrected chi connectivity index (χ0v) is 19.7. The summed E-state index contributed by atoms with van der Waals surface area (Å²) in [4.78, 5) is 31.9. The van der Waals surface area contributed by atoms with Crippen molar-refractivity contribution in [1.82, 2.24) is 14.7 Å². The molecule has 0 aromatic heterocycles. The molecule has 2 heterocycles. The van der Waals surface area contributed by atoms with Crippen LogP contribution in [0.4, 0.5) is 8.78 Å². The SMILES string of the molecule is Cc1ccc(C(=O)N2CC[C@H](Oc3ccc(F)cc3)[C@@H](CC(=O)N3CCN(C)CC3)C2)cc1F. The van der Waals surface area contributed by atoms with Crippen LogP contribution in [-0.2, 0) is 4.79 Å². The monoisotopic (exact) mass is 471 g/mol. The Morgan fingerprint density at radius 2 is 1.68 bits per heavy atom. The fourth-order valence-electron chi connectivity index (χ4n) is 4.55. The summed E-state index contributed by atoms with van der Waals surface area (Å²) < 4.78 is 33.5. The molecule has 0 N–H and O–H groups in total. The highest BCUT2D eigenvalue weighted by Gasteiger charge is 2.36. The fourth-order valence-corrected chi connectivity index (χ4v) is 4.55. The number of halogens is 2. The Morgan fingerprint density at radius 3 is 2.35 bits per heavy atom. The average Bonchev–Trinajstić information content (AvgIpc) is 2.83. The van der Waals surface area contributed by atoms with Gasteiger partial charge in [0, 0.05) is 63.6 Å². The minimum atomic E-state index is -0.415. The summed E-state index contributed by atoms with van der Waals surface area (Å²) in [6, 6.07) is 10.3. The van der Waals surface area contributed by atoms with Crippen molar-refractivity contribution in [2.45, 2.75) is 25.9 Å². The number of likely N-dealkylation sites (N-methyl/N-ethyl adjacent to an activating group) is 1. The van der Waals surface area contributed by atoms with E-state index in [9.17, 15) is 18.4 Å². The van der Waals surface area contributed by atoms with Gasteiger partial charge in [-0.25, -0.2) is 8.78 Å². The van der Waals surface area contributed by atoms with Crippen LogP contribution in [0.1, 0.15) is 28.8 Å². The molecule has 4 rings (SSSR count). The molecule has 2 fully saturated rings. The number of likely N-dealkylation sites (tertiary alicyclic amines) is 1. The van der Waals surface area contributed by atoms with Gasteiger partial charge in [-0.2, -0.15) is 0 Å². The van der Waals surface area contributed by atoms with Crippen LogP contribution in [0.5, 0.6) is 5.75 Å². The molecule has 34 heavy (non-hydrogen) atoms. The third-order valence-corrected chi connectivity index (χ3v) is 6.76. The summed E-state index contributed by atoms with van der Waals surface area (Å²) in [6.45, 7) is 5.43. The van der Waals surface area contributed by atoms with Crippen molar-refractivity contribution in [3.05, 3.63) is 65.2 Å². The number of hydrogen-bond donors (Lipinski definition) is 0. The van der Waals surface area contributed by atoms with Crippen LogP contribution in [0.15, 0.2) is 42.5 Å². The van der Waals surface area contributed by atoms with E-state index in [1.807, 2.05) is 11.9 Å². The fraction of sp³-hybridized carbons (Fsp3) is 0.462. The van der Waals surface area contributed by atoms with E-state index in [0.717, 1.165) is 13.1 Å². The van der Waals surface area contributed by atoms with Crippen LogP contribution in [0.3, 0.4) is 0 Å². The van der Waals surface area contributed by atoms with E-state index >= 15 is 0 Å². The summed E-state index contributed by atoms with van der Waals surface area (Å²) in [5.41, 5.74) is 0.781. The molecule has 8 heteroatoms. The van der Waals surface area contributed by atoms with E-state index in [2.05, 4.69) is 4.90 Å². The van der Waals surface area contributed by atoms with Crippen molar-refractivity contribution in [2.24, 2.45) is 5.92 Å². The van der Waals surface area contributed by atoms with Gasteiger partial charge in [-0.05, 0) is 55.9 Å². The van der Waals surface area contributed by atoms with E-state index in [0.29, 0.717) is 49.5 Å². The third kappa shape index (κ3) is 5.73. The molecule has 2 atom stereocenters. The average molecular weight is 472 g/mol. The molecule has 0 bridgehead atoms. The molecular formula is C26H31F2N3O3. The molecule has 0 aliphatic carbocycles. The summed E-state index contributed by atoms with van der Waals surface area (Å²) in [5.74, 6) is -0.672. The Kier molecular flexibility index (Phi) is 7.46. The molecule has 0 unspecified atom stereocenters. The molecule has 0 saturated carbocycles. The number of piperidine rings is 1. The van der Waals surface area contributed by atoms with Gasteiger partial charge in [0.1, 0.15) is 23.5 Å². The van der Waals surface area contributed by atoms with Gasteiger partial charge in [0.2, 0.25) is 5.91 Å². The minimum Gasteiger partial charge on any atom is -0.490 e. The number of piperazine rings is 1. The number of aryl methyl sites for hydroxylation is 1. The van der Waals surface area contributed by atoms with E-state index in [1.165, 1.54) is 18.2 Å². The Balaban J connectivity index is 1.49. The molecule has 2 aliphatic rings. The van der Waals surface area contributed by atoms with Gasteiger partial charge in [0.05, 0.1) is 0 Å². The van der Waals surface area contributed by atoms with Gasteiger partial charge in [-0.3, -0.25) is 9.59 Å². The lowest BCUT2D eigenvalue weighted by atomic mass is 9.90. The molecule has 2 aromatic rings. The summed E-state index contributed by atoms with van der Waals surface area (Å²) in [5, 5.41) is 0. The van der Waals surface area contributed by atoms with Crippen molar-refractivity contribution in [3.8, 4) is 5.75 Å². The summed E-state index contributed by atoms with van der Waals surface area (Å²) in [6.07, 6.45) is 0.487. The number of nitrogens with zero attached hydrogens (tertiary/aromatic N) is 3. The number of rotatable bonds is 5. The van der Waals surface area contributed by atoms with Crippen LogP contribution >= 0.6 is 0 Å².